The van der Waals surface area contributed by atoms with Crippen molar-refractivity contribution in [2.45, 2.75) is 64.6 Å². The van der Waals surface area contributed by atoms with E-state index >= 15 is 0 Å². The molecule has 15 heavy (non-hydrogen) atoms. The maximum absolute atomic E-state index is 11.0. The van der Waals surface area contributed by atoms with E-state index in [-0.39, 0.29) is 0 Å². The highest BCUT2D eigenvalue weighted by Gasteiger charge is 2.29. The molecule has 3 N–H and O–H groups in total. The van der Waals surface area contributed by atoms with E-state index in [1.54, 1.807) is 20.8 Å². The zero-order chi connectivity index (χ0) is 12.1. The van der Waals surface area contributed by atoms with Crippen molar-refractivity contribution >= 4 is 5.97 Å². The number of carboxylic acids is 1. The van der Waals surface area contributed by atoms with Crippen LogP contribution in [0.3, 0.4) is 0 Å². The molecule has 0 fully saturated rings. The average molecular weight is 217 g/mol. The Morgan fingerprint density at radius 2 is 2.00 bits per heavy atom. The predicted molar refractivity (Wildman–Crippen MR) is 59.8 cm³/mol. The minimum atomic E-state index is -0.850. The number of rotatable bonds is 7. The lowest BCUT2D eigenvalue weighted by Crippen LogP contribution is -2.55. The number of carboxylic acid groups (broad SMARTS) is 1. The molecule has 0 bridgehead atoms. The minimum absolute atomic E-state index is 0.573. The number of hydrogen-bond donors (Lipinski definition) is 3. The highest BCUT2D eigenvalue weighted by molar-refractivity contribution is 5.73. The summed E-state index contributed by atoms with van der Waals surface area (Å²) in [6.45, 7) is 7.30. The fraction of sp³-hybridized carbons (Fsp3) is 0.909. The van der Waals surface area contributed by atoms with Gasteiger partial charge in [-0.25, -0.2) is 0 Å². The number of unbranched alkanes of at least 4 members (excludes halogenated alkanes) is 1. The molecule has 0 heterocycles. The summed E-state index contributed by atoms with van der Waals surface area (Å²) in [6, 6.07) is -0.574. The lowest BCUT2D eigenvalue weighted by Gasteiger charge is -2.32. The smallest absolute Gasteiger partial charge is 0.320 e. The predicted octanol–water partition coefficient (Wildman–Crippen LogP) is 1.38. The second-order valence-corrected chi connectivity index (χ2v) is 4.58. The summed E-state index contributed by atoms with van der Waals surface area (Å²) in [4.78, 5) is 11.0. The van der Waals surface area contributed by atoms with E-state index in [9.17, 15) is 9.90 Å². The SMILES string of the molecule is CCCCC(NC(C)(C)C(C)O)C(=O)O. The molecule has 0 aromatic carbocycles. The van der Waals surface area contributed by atoms with Crippen LogP contribution in [0.4, 0.5) is 0 Å². The van der Waals surface area contributed by atoms with Crippen LogP contribution in [0.1, 0.15) is 47.0 Å². The van der Waals surface area contributed by atoms with E-state index in [1.165, 1.54) is 0 Å². The molecule has 0 aliphatic heterocycles. The van der Waals surface area contributed by atoms with Gasteiger partial charge in [0, 0.05) is 5.54 Å². The molecular formula is C11H23NO3. The summed E-state index contributed by atoms with van der Waals surface area (Å²) in [6.07, 6.45) is 1.86. The first-order chi connectivity index (χ1) is 6.81. The van der Waals surface area contributed by atoms with Gasteiger partial charge in [-0.15, -0.1) is 0 Å². The zero-order valence-corrected chi connectivity index (χ0v) is 10.1. The van der Waals surface area contributed by atoms with Gasteiger partial charge in [0.2, 0.25) is 0 Å². The van der Waals surface area contributed by atoms with Crippen LogP contribution in [0.2, 0.25) is 0 Å². The van der Waals surface area contributed by atoms with Gasteiger partial charge in [0.1, 0.15) is 6.04 Å². The van der Waals surface area contributed by atoms with Crippen LogP contribution < -0.4 is 5.32 Å². The Hall–Kier alpha value is -0.610. The van der Waals surface area contributed by atoms with E-state index in [1.807, 2.05) is 6.92 Å². The first-order valence-corrected chi connectivity index (χ1v) is 5.49. The molecule has 0 amide bonds. The van der Waals surface area contributed by atoms with Gasteiger partial charge in [-0.1, -0.05) is 19.8 Å². The maximum Gasteiger partial charge on any atom is 0.320 e. The molecule has 4 nitrogen and oxygen atoms in total. The highest BCUT2D eigenvalue weighted by atomic mass is 16.4. The molecule has 90 valence electrons. The van der Waals surface area contributed by atoms with Crippen molar-refractivity contribution in [1.29, 1.82) is 0 Å². The van der Waals surface area contributed by atoms with E-state index in [0.29, 0.717) is 6.42 Å². The van der Waals surface area contributed by atoms with Crippen molar-refractivity contribution in [3.63, 3.8) is 0 Å². The van der Waals surface area contributed by atoms with E-state index in [2.05, 4.69) is 5.32 Å². The first-order valence-electron chi connectivity index (χ1n) is 5.49. The number of aliphatic hydroxyl groups is 1. The van der Waals surface area contributed by atoms with Crippen molar-refractivity contribution < 1.29 is 15.0 Å². The van der Waals surface area contributed by atoms with Gasteiger partial charge < -0.3 is 10.2 Å². The minimum Gasteiger partial charge on any atom is -0.480 e. The summed E-state index contributed by atoms with van der Waals surface area (Å²) >= 11 is 0. The molecule has 0 saturated carbocycles. The standard InChI is InChI=1S/C11H23NO3/c1-5-6-7-9(10(14)15)12-11(3,4)8(2)13/h8-9,12-13H,5-7H2,1-4H3,(H,14,15). The molecule has 4 heteroatoms. The number of hydrogen-bond acceptors (Lipinski definition) is 3. The quantitative estimate of drug-likeness (QED) is 0.602. The average Bonchev–Trinajstić information content (AvgIpc) is 2.11. The Morgan fingerprint density at radius 3 is 2.33 bits per heavy atom. The fourth-order valence-corrected chi connectivity index (χ4v) is 1.24. The van der Waals surface area contributed by atoms with E-state index in [4.69, 9.17) is 5.11 Å². The lowest BCUT2D eigenvalue weighted by molar-refractivity contribution is -0.140. The van der Waals surface area contributed by atoms with Gasteiger partial charge in [0.05, 0.1) is 6.10 Å². The van der Waals surface area contributed by atoms with Gasteiger partial charge in [-0.05, 0) is 27.2 Å². The third-order valence-electron chi connectivity index (χ3n) is 2.74. The van der Waals surface area contributed by atoms with Crippen molar-refractivity contribution in [2.75, 3.05) is 0 Å². The Bertz CT molecular complexity index is 202. The third kappa shape index (κ3) is 5.14. The van der Waals surface area contributed by atoms with Gasteiger partial charge >= 0.3 is 5.97 Å². The summed E-state index contributed by atoms with van der Waals surface area (Å²) in [5.74, 6) is -0.850. The van der Waals surface area contributed by atoms with Crippen LogP contribution in [-0.2, 0) is 4.79 Å². The van der Waals surface area contributed by atoms with E-state index < -0.39 is 23.7 Å². The zero-order valence-electron chi connectivity index (χ0n) is 10.1. The Morgan fingerprint density at radius 1 is 1.47 bits per heavy atom. The largest absolute Gasteiger partial charge is 0.480 e. The Kier molecular flexibility index (Phi) is 5.83. The summed E-state index contributed by atoms with van der Waals surface area (Å²) < 4.78 is 0. The summed E-state index contributed by atoms with van der Waals surface area (Å²) in [5.41, 5.74) is -0.573. The van der Waals surface area contributed by atoms with Gasteiger partial charge in [0.25, 0.3) is 0 Å². The molecule has 0 spiro atoms. The topological polar surface area (TPSA) is 69.6 Å². The Labute approximate surface area is 91.7 Å². The number of aliphatic carboxylic acids is 1. The normalized spacial score (nSPS) is 16.1. The van der Waals surface area contributed by atoms with Crippen LogP contribution in [-0.4, -0.2) is 33.9 Å². The summed E-state index contributed by atoms with van der Waals surface area (Å²) in [7, 11) is 0. The molecule has 2 unspecified atom stereocenters. The van der Waals surface area contributed by atoms with Crippen molar-refractivity contribution in [3.05, 3.63) is 0 Å². The molecule has 0 aromatic heterocycles. The van der Waals surface area contributed by atoms with Crippen LogP contribution in [0.25, 0.3) is 0 Å². The number of carbonyl (C=O) groups is 1. The first kappa shape index (κ1) is 14.4. The van der Waals surface area contributed by atoms with Crippen molar-refractivity contribution in [2.24, 2.45) is 0 Å². The second-order valence-electron chi connectivity index (χ2n) is 4.58. The van der Waals surface area contributed by atoms with Crippen LogP contribution in [0.15, 0.2) is 0 Å². The second kappa shape index (κ2) is 6.08. The molecule has 0 saturated heterocycles. The maximum atomic E-state index is 11.0. The third-order valence-corrected chi connectivity index (χ3v) is 2.74. The van der Waals surface area contributed by atoms with Crippen molar-refractivity contribution in [3.8, 4) is 0 Å². The molecule has 0 aliphatic rings. The van der Waals surface area contributed by atoms with Crippen LogP contribution >= 0.6 is 0 Å². The van der Waals surface area contributed by atoms with Gasteiger partial charge in [0.15, 0.2) is 0 Å². The van der Waals surface area contributed by atoms with E-state index in [0.717, 1.165) is 12.8 Å². The molecule has 0 rings (SSSR count). The molecular weight excluding hydrogens is 194 g/mol. The fourth-order valence-electron chi connectivity index (χ4n) is 1.24. The number of aliphatic hydroxyl groups excluding tert-OH is 1. The molecule has 2 atom stereocenters. The number of nitrogens with one attached hydrogen (secondary N) is 1. The molecule has 0 aliphatic carbocycles. The molecule has 0 radical (unpaired) electrons. The lowest BCUT2D eigenvalue weighted by atomic mass is 9.96. The van der Waals surface area contributed by atoms with Gasteiger partial charge in [-0.3, -0.25) is 10.1 Å². The summed E-state index contributed by atoms with van der Waals surface area (Å²) in [5, 5.41) is 21.5. The highest BCUT2D eigenvalue weighted by Crippen LogP contribution is 2.12. The van der Waals surface area contributed by atoms with Crippen LogP contribution in [0.5, 0.6) is 0 Å². The Balaban J connectivity index is 4.34. The molecule has 0 aromatic rings. The van der Waals surface area contributed by atoms with Gasteiger partial charge in [-0.2, -0.15) is 0 Å². The van der Waals surface area contributed by atoms with Crippen molar-refractivity contribution in [1.82, 2.24) is 5.32 Å². The monoisotopic (exact) mass is 217 g/mol. The van der Waals surface area contributed by atoms with Crippen LogP contribution in [0, 0.1) is 0 Å².